The van der Waals surface area contributed by atoms with Gasteiger partial charge >= 0.3 is 11.9 Å². The quantitative estimate of drug-likeness (QED) is 0.123. The minimum Gasteiger partial charge on any atom is -0.507 e. The number of thiazole rings is 1. The van der Waals surface area contributed by atoms with Crippen LogP contribution in [-0.2, 0) is 14.3 Å². The van der Waals surface area contributed by atoms with Gasteiger partial charge < -0.3 is 24.4 Å². The SMILES string of the molecule is C=CCOC(=O)c1sc(N2C(=O)C(=O)/C(=C(/O)c3ccc(OC)c(C)c3)[C@@H]2c2ccc(O)c(OCC)c2)nc1C. The minimum atomic E-state index is -1.15. The van der Waals surface area contributed by atoms with E-state index in [9.17, 15) is 24.6 Å². The molecule has 4 rings (SSSR count). The number of aliphatic hydroxyl groups excluding tert-OH is 1. The molecule has 1 aliphatic heterocycles. The summed E-state index contributed by atoms with van der Waals surface area (Å²) in [4.78, 5) is 45.3. The van der Waals surface area contributed by atoms with E-state index in [1.54, 1.807) is 39.0 Å². The summed E-state index contributed by atoms with van der Waals surface area (Å²) in [5, 5.41) is 21.8. The molecule has 1 saturated heterocycles. The van der Waals surface area contributed by atoms with Gasteiger partial charge in [-0.1, -0.05) is 30.1 Å². The van der Waals surface area contributed by atoms with E-state index in [-0.39, 0.29) is 40.3 Å². The second kappa shape index (κ2) is 11.6. The van der Waals surface area contributed by atoms with Crippen LogP contribution in [-0.4, -0.2) is 53.2 Å². The van der Waals surface area contributed by atoms with Gasteiger partial charge in [0.1, 0.15) is 23.0 Å². The maximum Gasteiger partial charge on any atom is 0.350 e. The Kier molecular flexibility index (Phi) is 8.24. The Labute approximate surface area is 234 Å². The smallest absolute Gasteiger partial charge is 0.350 e. The summed E-state index contributed by atoms with van der Waals surface area (Å²) >= 11 is 0.886. The Balaban J connectivity index is 1.93. The van der Waals surface area contributed by atoms with Crippen LogP contribution in [0.5, 0.6) is 17.2 Å². The van der Waals surface area contributed by atoms with Gasteiger partial charge in [0.15, 0.2) is 16.6 Å². The molecule has 208 valence electrons. The molecule has 1 aliphatic rings. The first-order valence-electron chi connectivity index (χ1n) is 12.3. The molecule has 3 aromatic rings. The number of rotatable bonds is 9. The van der Waals surface area contributed by atoms with E-state index >= 15 is 0 Å². The zero-order chi connectivity index (χ0) is 29.1. The molecule has 1 atom stereocenters. The van der Waals surface area contributed by atoms with Crippen molar-refractivity contribution in [1.29, 1.82) is 0 Å². The summed E-state index contributed by atoms with van der Waals surface area (Å²) < 4.78 is 16.0. The number of phenolic OH excluding ortho intramolecular Hbond substituents is 1. The van der Waals surface area contributed by atoms with Gasteiger partial charge in [0.2, 0.25) is 0 Å². The van der Waals surface area contributed by atoms with Crippen molar-refractivity contribution in [1.82, 2.24) is 4.98 Å². The first-order chi connectivity index (χ1) is 19.1. The first kappa shape index (κ1) is 28.4. The number of aromatic hydroxyl groups is 1. The summed E-state index contributed by atoms with van der Waals surface area (Å²) in [6.07, 6.45) is 1.43. The van der Waals surface area contributed by atoms with Crippen LogP contribution in [0.25, 0.3) is 5.76 Å². The van der Waals surface area contributed by atoms with E-state index < -0.39 is 29.5 Å². The summed E-state index contributed by atoms with van der Waals surface area (Å²) in [7, 11) is 1.52. The number of aliphatic hydroxyl groups is 1. The zero-order valence-corrected chi connectivity index (χ0v) is 23.2. The van der Waals surface area contributed by atoms with Crippen LogP contribution in [0.2, 0.25) is 0 Å². The molecule has 11 heteroatoms. The molecule has 0 aliphatic carbocycles. The van der Waals surface area contributed by atoms with Gasteiger partial charge in [0, 0.05) is 5.56 Å². The standard InChI is InChI=1S/C29H28N2O8S/c1-6-12-39-28(36)26-16(4)30-29(40-26)31-23(17-8-10-19(32)21(14-17)38-7-2)22(25(34)27(31)35)24(33)18-9-11-20(37-5)15(3)13-18/h6,8-11,13-14,23,32-33H,1,7,12H2,2-5H3/b24-22+/t23-/m0/s1. The minimum absolute atomic E-state index is 0.00892. The van der Waals surface area contributed by atoms with Crippen molar-refractivity contribution < 1.29 is 38.8 Å². The molecule has 2 N–H and O–H groups in total. The fourth-order valence-electron chi connectivity index (χ4n) is 4.37. The third kappa shape index (κ3) is 5.15. The van der Waals surface area contributed by atoms with Gasteiger partial charge in [-0.3, -0.25) is 14.5 Å². The van der Waals surface area contributed by atoms with Crippen molar-refractivity contribution in [2.24, 2.45) is 0 Å². The van der Waals surface area contributed by atoms with E-state index in [2.05, 4.69) is 11.6 Å². The Hall–Kier alpha value is -4.64. The maximum absolute atomic E-state index is 13.5. The highest BCUT2D eigenvalue weighted by atomic mass is 32.1. The Bertz CT molecular complexity index is 1540. The number of hydrogen-bond donors (Lipinski definition) is 2. The fraction of sp³-hybridized carbons (Fsp3) is 0.241. The summed E-state index contributed by atoms with van der Waals surface area (Å²) in [6, 6.07) is 8.11. The maximum atomic E-state index is 13.5. The van der Waals surface area contributed by atoms with E-state index in [1.807, 2.05) is 0 Å². The number of amides is 1. The highest BCUT2D eigenvalue weighted by Gasteiger charge is 2.48. The fourth-order valence-corrected chi connectivity index (χ4v) is 5.36. The predicted octanol–water partition coefficient (Wildman–Crippen LogP) is 4.84. The number of anilines is 1. The van der Waals surface area contributed by atoms with E-state index in [1.165, 1.54) is 31.4 Å². The average Bonchev–Trinajstić information content (AvgIpc) is 3.44. The van der Waals surface area contributed by atoms with Gasteiger partial charge in [-0.15, -0.1) is 0 Å². The summed E-state index contributed by atoms with van der Waals surface area (Å²) in [5.41, 5.74) is 1.50. The number of phenols is 1. The lowest BCUT2D eigenvalue weighted by Gasteiger charge is -2.23. The Morgan fingerprint density at radius 2 is 1.93 bits per heavy atom. The zero-order valence-electron chi connectivity index (χ0n) is 22.4. The van der Waals surface area contributed by atoms with Gasteiger partial charge in [-0.25, -0.2) is 9.78 Å². The second-order valence-electron chi connectivity index (χ2n) is 8.81. The highest BCUT2D eigenvalue weighted by molar-refractivity contribution is 7.17. The summed E-state index contributed by atoms with van der Waals surface area (Å²) in [5.74, 6) is -2.34. The number of hydrogen-bond acceptors (Lipinski definition) is 10. The number of aromatic nitrogens is 1. The van der Waals surface area contributed by atoms with Crippen LogP contribution >= 0.6 is 11.3 Å². The number of esters is 1. The van der Waals surface area contributed by atoms with Crippen LogP contribution in [0, 0.1) is 13.8 Å². The normalized spacial score (nSPS) is 16.2. The van der Waals surface area contributed by atoms with Crippen LogP contribution in [0.1, 0.15) is 45.0 Å². The molecule has 10 nitrogen and oxygen atoms in total. The first-order valence-corrected chi connectivity index (χ1v) is 13.1. The third-order valence-corrected chi connectivity index (χ3v) is 7.36. The number of nitrogens with zero attached hydrogens (tertiary/aromatic N) is 2. The number of carbonyl (C=O) groups is 3. The van der Waals surface area contributed by atoms with Crippen LogP contribution in [0.4, 0.5) is 5.13 Å². The molecule has 40 heavy (non-hydrogen) atoms. The van der Waals surface area contributed by atoms with Gasteiger partial charge in [0.05, 0.1) is 31.0 Å². The van der Waals surface area contributed by atoms with Crippen molar-refractivity contribution in [2.45, 2.75) is 26.8 Å². The topological polar surface area (TPSA) is 135 Å². The number of ether oxygens (including phenoxy) is 3. The molecule has 1 amide bonds. The average molecular weight is 565 g/mol. The Morgan fingerprint density at radius 1 is 1.18 bits per heavy atom. The molecule has 1 fully saturated rings. The number of methoxy groups -OCH3 is 1. The molecule has 0 unspecified atom stereocenters. The molecule has 0 saturated carbocycles. The molecule has 0 spiro atoms. The van der Waals surface area contributed by atoms with Crippen molar-refractivity contribution in [3.8, 4) is 17.2 Å². The Morgan fingerprint density at radius 3 is 2.58 bits per heavy atom. The molecular weight excluding hydrogens is 536 g/mol. The van der Waals surface area contributed by atoms with E-state index in [0.29, 0.717) is 28.1 Å². The van der Waals surface area contributed by atoms with Crippen molar-refractivity contribution in [3.05, 3.63) is 81.9 Å². The number of aryl methyl sites for hydroxylation is 2. The lowest BCUT2D eigenvalue weighted by Crippen LogP contribution is -2.29. The predicted molar refractivity (Wildman–Crippen MR) is 149 cm³/mol. The van der Waals surface area contributed by atoms with Crippen molar-refractivity contribution in [3.63, 3.8) is 0 Å². The van der Waals surface area contributed by atoms with Crippen molar-refractivity contribution in [2.75, 3.05) is 25.2 Å². The monoisotopic (exact) mass is 564 g/mol. The van der Waals surface area contributed by atoms with Crippen molar-refractivity contribution >= 4 is 39.9 Å². The summed E-state index contributed by atoms with van der Waals surface area (Å²) in [6.45, 7) is 8.89. The van der Waals surface area contributed by atoms with E-state index in [0.717, 1.165) is 16.2 Å². The van der Waals surface area contributed by atoms with Crippen LogP contribution < -0.4 is 14.4 Å². The lowest BCUT2D eigenvalue weighted by molar-refractivity contribution is -0.132. The van der Waals surface area contributed by atoms with Gasteiger partial charge in [-0.2, -0.15) is 0 Å². The van der Waals surface area contributed by atoms with Crippen LogP contribution in [0.3, 0.4) is 0 Å². The van der Waals surface area contributed by atoms with Gasteiger partial charge in [0.25, 0.3) is 5.78 Å². The number of Topliss-reactive ketones (excluding diaryl/α,β-unsaturated/α-hetero) is 1. The highest BCUT2D eigenvalue weighted by Crippen LogP contribution is 2.45. The van der Waals surface area contributed by atoms with Crippen LogP contribution in [0.15, 0.2) is 54.6 Å². The lowest BCUT2D eigenvalue weighted by atomic mass is 9.94. The second-order valence-corrected chi connectivity index (χ2v) is 9.79. The molecule has 2 aromatic carbocycles. The number of ketones is 1. The van der Waals surface area contributed by atoms with E-state index in [4.69, 9.17) is 14.2 Å². The molecule has 2 heterocycles. The molecule has 1 aromatic heterocycles. The third-order valence-electron chi connectivity index (χ3n) is 6.22. The molecule has 0 bridgehead atoms. The number of carbonyl (C=O) groups excluding carboxylic acids is 3. The number of benzene rings is 2. The molecular formula is C29H28N2O8S. The van der Waals surface area contributed by atoms with Gasteiger partial charge in [-0.05, 0) is 62.2 Å². The molecule has 0 radical (unpaired) electrons. The largest absolute Gasteiger partial charge is 0.507 e.